The van der Waals surface area contributed by atoms with E-state index in [2.05, 4.69) is 26.6 Å². The van der Waals surface area contributed by atoms with Gasteiger partial charge in [-0.1, -0.05) is 42.5 Å². The van der Waals surface area contributed by atoms with Crippen LogP contribution in [0.1, 0.15) is 37.3 Å². The summed E-state index contributed by atoms with van der Waals surface area (Å²) in [4.78, 5) is 87.7. The van der Waals surface area contributed by atoms with Crippen molar-refractivity contribution in [2.45, 2.75) is 69.2 Å². The van der Waals surface area contributed by atoms with E-state index in [-0.39, 0.29) is 37.9 Å². The Hall–Kier alpha value is -5.16. The van der Waals surface area contributed by atoms with Gasteiger partial charge in [0.25, 0.3) is 0 Å². The summed E-state index contributed by atoms with van der Waals surface area (Å²) in [5.41, 5.74) is 12.5. The highest BCUT2D eigenvalue weighted by molar-refractivity contribution is 7.98. The number of aromatic hydroxyl groups is 1. The number of benzene rings is 2. The molecule has 0 radical (unpaired) electrons. The molecule has 6 amide bonds. The van der Waals surface area contributed by atoms with Gasteiger partial charge in [0.15, 0.2) is 0 Å². The first-order valence-corrected chi connectivity index (χ1v) is 17.1. The number of carboxylic acids is 1. The molecule has 0 aliphatic rings. The molecule has 2 aromatic rings. The van der Waals surface area contributed by atoms with Gasteiger partial charge in [0.05, 0.1) is 12.6 Å². The lowest BCUT2D eigenvalue weighted by molar-refractivity contribution is -0.142. The number of carboxylic acid groups (broad SMARTS) is 1. The third kappa shape index (κ3) is 14.9. The quantitative estimate of drug-likeness (QED) is 0.0732. The van der Waals surface area contributed by atoms with E-state index in [1.807, 2.05) is 0 Å². The number of aliphatic carboxylic acids is 1. The van der Waals surface area contributed by atoms with Gasteiger partial charge in [0, 0.05) is 12.8 Å². The molecule has 0 bridgehead atoms. The van der Waals surface area contributed by atoms with E-state index in [0.29, 0.717) is 16.9 Å². The Balaban J connectivity index is 2.05. The van der Waals surface area contributed by atoms with Crippen molar-refractivity contribution in [2.75, 3.05) is 18.6 Å². The van der Waals surface area contributed by atoms with Crippen molar-refractivity contribution in [3.63, 3.8) is 0 Å². The normalized spacial score (nSPS) is 13.7. The average molecular weight is 716 g/mol. The minimum atomic E-state index is -1.42. The largest absolute Gasteiger partial charge is 0.508 e. The van der Waals surface area contributed by atoms with Crippen LogP contribution in [0.4, 0.5) is 0 Å². The average Bonchev–Trinajstić information content (AvgIpc) is 3.07. The van der Waals surface area contributed by atoms with Crippen LogP contribution in [-0.2, 0) is 46.4 Å². The highest BCUT2D eigenvalue weighted by atomic mass is 32.2. The fourth-order valence-corrected chi connectivity index (χ4v) is 5.05. The molecule has 5 atom stereocenters. The second kappa shape index (κ2) is 21.0. The molecular weight excluding hydrogens is 670 g/mol. The number of phenols is 1. The fraction of sp³-hybridized carbons (Fsp3) is 0.424. The summed E-state index contributed by atoms with van der Waals surface area (Å²) in [6.07, 6.45) is 1.57. The molecule has 2 aromatic carbocycles. The summed E-state index contributed by atoms with van der Waals surface area (Å²) in [5.74, 6) is -5.18. The standard InChI is InChI=1S/C33H45N7O9S/c1-19(37-30(45)23(34)16-21-8-10-22(41)11-9-21)29(44)36-18-28(43)38-26(17-20-6-4-3-5-7-20)32(47)39-24(14-15-50-2)31(46)40-25(33(48)49)12-13-27(35)42/h3-11,19,23-26,41H,12-18,34H2,1-2H3,(H2,35,42)(H,36,44)(H,37,45)(H,38,43)(H,39,47)(H,40,46)(H,48,49)/t19-,23+,24+,25+,26+/m1/s1. The van der Waals surface area contributed by atoms with E-state index in [1.54, 1.807) is 48.7 Å². The fourth-order valence-electron chi connectivity index (χ4n) is 4.58. The Morgan fingerprint density at radius 3 is 1.94 bits per heavy atom. The first-order chi connectivity index (χ1) is 23.7. The number of rotatable bonds is 21. The molecule has 0 heterocycles. The number of hydrogen-bond acceptors (Lipinski definition) is 10. The van der Waals surface area contributed by atoms with Crippen LogP contribution in [0.15, 0.2) is 54.6 Å². The molecule has 0 unspecified atom stereocenters. The second-order valence-electron chi connectivity index (χ2n) is 11.5. The number of hydrogen-bond donors (Lipinski definition) is 9. The zero-order valence-corrected chi connectivity index (χ0v) is 28.7. The van der Waals surface area contributed by atoms with Gasteiger partial charge in [-0.2, -0.15) is 11.8 Å². The first-order valence-electron chi connectivity index (χ1n) is 15.8. The topological polar surface area (TPSA) is 272 Å². The number of carbonyl (C=O) groups is 7. The molecule has 0 aliphatic heterocycles. The van der Waals surface area contributed by atoms with Crippen LogP contribution in [0.2, 0.25) is 0 Å². The zero-order valence-electron chi connectivity index (χ0n) is 27.8. The Labute approximate surface area is 293 Å². The van der Waals surface area contributed by atoms with Crippen LogP contribution >= 0.6 is 11.8 Å². The van der Waals surface area contributed by atoms with Gasteiger partial charge in [-0.25, -0.2) is 4.79 Å². The van der Waals surface area contributed by atoms with E-state index in [4.69, 9.17) is 11.5 Å². The summed E-state index contributed by atoms with van der Waals surface area (Å²) in [5, 5.41) is 31.3. The summed E-state index contributed by atoms with van der Waals surface area (Å²) in [6.45, 7) is 0.861. The van der Waals surface area contributed by atoms with Gasteiger partial charge in [0.2, 0.25) is 35.4 Å². The molecule has 17 heteroatoms. The van der Waals surface area contributed by atoms with Gasteiger partial charge in [-0.05, 0) is 61.5 Å². The monoisotopic (exact) mass is 715 g/mol. The highest BCUT2D eigenvalue weighted by Crippen LogP contribution is 2.11. The van der Waals surface area contributed by atoms with E-state index in [9.17, 15) is 43.8 Å². The first kappa shape index (κ1) is 41.0. The maximum atomic E-state index is 13.5. The molecule has 0 saturated carbocycles. The summed E-state index contributed by atoms with van der Waals surface area (Å²) < 4.78 is 0. The maximum absolute atomic E-state index is 13.5. The SMILES string of the molecule is CSCC[C@H](NC(=O)[C@H](Cc1ccccc1)NC(=O)CNC(=O)[C@@H](C)NC(=O)[C@@H](N)Cc1ccc(O)cc1)C(=O)N[C@@H](CCC(N)=O)C(=O)O. The van der Waals surface area contributed by atoms with Crippen molar-refractivity contribution in [3.8, 4) is 5.75 Å². The number of primary amides is 1. The van der Waals surface area contributed by atoms with Crippen molar-refractivity contribution in [3.05, 3.63) is 65.7 Å². The third-order valence-electron chi connectivity index (χ3n) is 7.38. The van der Waals surface area contributed by atoms with Crippen molar-refractivity contribution >= 4 is 53.2 Å². The van der Waals surface area contributed by atoms with Gasteiger partial charge >= 0.3 is 5.97 Å². The van der Waals surface area contributed by atoms with Crippen LogP contribution in [0.25, 0.3) is 0 Å². The summed E-state index contributed by atoms with van der Waals surface area (Å²) in [6, 6.07) is 9.04. The molecule has 0 aromatic heterocycles. The molecular formula is C33H45N7O9S. The number of thioether (sulfide) groups is 1. The molecule has 272 valence electrons. The lowest BCUT2D eigenvalue weighted by atomic mass is 10.0. The van der Waals surface area contributed by atoms with Crippen LogP contribution in [0, 0.1) is 0 Å². The molecule has 0 fully saturated rings. The smallest absolute Gasteiger partial charge is 0.326 e. The molecule has 0 saturated heterocycles. The van der Waals surface area contributed by atoms with Gasteiger partial charge in [0.1, 0.15) is 29.9 Å². The highest BCUT2D eigenvalue weighted by Gasteiger charge is 2.30. The van der Waals surface area contributed by atoms with E-state index >= 15 is 0 Å². The summed E-state index contributed by atoms with van der Waals surface area (Å²) in [7, 11) is 0. The summed E-state index contributed by atoms with van der Waals surface area (Å²) >= 11 is 1.39. The van der Waals surface area contributed by atoms with E-state index in [0.717, 1.165) is 0 Å². The Morgan fingerprint density at radius 1 is 0.740 bits per heavy atom. The Morgan fingerprint density at radius 2 is 1.34 bits per heavy atom. The van der Waals surface area contributed by atoms with E-state index < -0.39 is 78.2 Å². The molecule has 2 rings (SSSR count). The van der Waals surface area contributed by atoms with Crippen molar-refractivity contribution in [1.29, 1.82) is 0 Å². The van der Waals surface area contributed by atoms with Crippen LogP contribution in [0.3, 0.4) is 0 Å². The van der Waals surface area contributed by atoms with Crippen LogP contribution in [0.5, 0.6) is 5.75 Å². The Bertz CT molecular complexity index is 1480. The number of nitrogens with two attached hydrogens (primary N) is 2. The zero-order chi connectivity index (χ0) is 37.2. The number of amides is 6. The molecule has 0 aliphatic carbocycles. The predicted molar refractivity (Wildman–Crippen MR) is 185 cm³/mol. The molecule has 16 nitrogen and oxygen atoms in total. The maximum Gasteiger partial charge on any atom is 0.326 e. The molecule has 0 spiro atoms. The number of nitrogens with one attached hydrogen (secondary N) is 5. The molecule has 50 heavy (non-hydrogen) atoms. The van der Waals surface area contributed by atoms with Crippen molar-refractivity contribution in [1.82, 2.24) is 26.6 Å². The van der Waals surface area contributed by atoms with Crippen LogP contribution in [-0.4, -0.2) is 100 Å². The van der Waals surface area contributed by atoms with E-state index in [1.165, 1.54) is 30.8 Å². The third-order valence-corrected chi connectivity index (χ3v) is 8.02. The van der Waals surface area contributed by atoms with Crippen molar-refractivity contribution in [2.24, 2.45) is 11.5 Å². The van der Waals surface area contributed by atoms with Crippen molar-refractivity contribution < 1.29 is 43.8 Å². The minimum absolute atomic E-state index is 0.0188. The van der Waals surface area contributed by atoms with Gasteiger partial charge in [-0.3, -0.25) is 28.8 Å². The second-order valence-corrected chi connectivity index (χ2v) is 12.5. The Kier molecular flexibility index (Phi) is 17.3. The number of carbonyl (C=O) groups excluding carboxylic acids is 6. The lowest BCUT2D eigenvalue weighted by Crippen LogP contribution is -2.57. The predicted octanol–water partition coefficient (Wildman–Crippen LogP) is -1.32. The van der Waals surface area contributed by atoms with Gasteiger partial charge < -0.3 is 48.3 Å². The number of phenolic OH excluding ortho intramolecular Hbond substituents is 1. The molecule has 11 N–H and O–H groups in total. The van der Waals surface area contributed by atoms with Crippen LogP contribution < -0.4 is 38.1 Å². The minimum Gasteiger partial charge on any atom is -0.508 e. The van der Waals surface area contributed by atoms with Gasteiger partial charge in [-0.15, -0.1) is 0 Å². The lowest BCUT2D eigenvalue weighted by Gasteiger charge is -2.25.